The van der Waals surface area contributed by atoms with Gasteiger partial charge < -0.3 is 10.4 Å². The second-order valence-electron chi connectivity index (χ2n) is 2.68. The first-order valence-electron chi connectivity index (χ1n) is 3.77. The predicted molar refractivity (Wildman–Crippen MR) is 41.0 cm³/mol. The van der Waals surface area contributed by atoms with Gasteiger partial charge in [0.25, 0.3) is 0 Å². The standard InChI is InChI=1S/C6H12N4O/c7-10-9-4-6(11)5-2-1-3-8-5/h5-6,8,11H,1-4H2/t5-,6-/m1/s1. The maximum absolute atomic E-state index is 9.35. The second-order valence-corrected chi connectivity index (χ2v) is 2.68. The summed E-state index contributed by atoms with van der Waals surface area (Å²) in [5.74, 6) is 0. The van der Waals surface area contributed by atoms with Crippen molar-refractivity contribution in [2.24, 2.45) is 5.11 Å². The molecular weight excluding hydrogens is 144 g/mol. The molecule has 2 atom stereocenters. The number of hydrogen-bond acceptors (Lipinski definition) is 3. The molecule has 2 N–H and O–H groups in total. The molecule has 5 nitrogen and oxygen atoms in total. The Morgan fingerprint density at radius 3 is 3.18 bits per heavy atom. The molecule has 0 aromatic rings. The molecule has 0 aromatic carbocycles. The summed E-state index contributed by atoms with van der Waals surface area (Å²) >= 11 is 0. The smallest absolute Gasteiger partial charge is 0.0749 e. The van der Waals surface area contributed by atoms with E-state index in [1.807, 2.05) is 0 Å². The van der Waals surface area contributed by atoms with Crippen molar-refractivity contribution in [3.05, 3.63) is 10.4 Å². The summed E-state index contributed by atoms with van der Waals surface area (Å²) in [6, 6.07) is 0.125. The van der Waals surface area contributed by atoms with Crippen molar-refractivity contribution in [2.45, 2.75) is 25.0 Å². The van der Waals surface area contributed by atoms with Crippen LogP contribution in [0, 0.1) is 0 Å². The van der Waals surface area contributed by atoms with Gasteiger partial charge in [0.1, 0.15) is 0 Å². The quantitative estimate of drug-likeness (QED) is 0.352. The van der Waals surface area contributed by atoms with Gasteiger partial charge in [-0.1, -0.05) is 5.11 Å². The van der Waals surface area contributed by atoms with Crippen LogP contribution in [0.3, 0.4) is 0 Å². The lowest BCUT2D eigenvalue weighted by Gasteiger charge is -2.15. The molecule has 0 spiro atoms. The Hall–Kier alpha value is -0.770. The fourth-order valence-electron chi connectivity index (χ4n) is 1.29. The lowest BCUT2D eigenvalue weighted by Crippen LogP contribution is -2.36. The summed E-state index contributed by atoms with van der Waals surface area (Å²) in [7, 11) is 0. The summed E-state index contributed by atoms with van der Waals surface area (Å²) in [4.78, 5) is 2.58. The fourth-order valence-corrected chi connectivity index (χ4v) is 1.29. The van der Waals surface area contributed by atoms with E-state index in [-0.39, 0.29) is 12.6 Å². The minimum atomic E-state index is -0.520. The van der Waals surface area contributed by atoms with Crippen LogP contribution in [0.4, 0.5) is 0 Å². The number of rotatable bonds is 3. The van der Waals surface area contributed by atoms with Crippen molar-refractivity contribution in [2.75, 3.05) is 13.1 Å². The third-order valence-corrected chi connectivity index (χ3v) is 1.89. The SMILES string of the molecule is [N-]=[N+]=NC[C@@H](O)[C@H]1CCCN1. The average molecular weight is 156 g/mol. The highest BCUT2D eigenvalue weighted by Gasteiger charge is 2.21. The van der Waals surface area contributed by atoms with Gasteiger partial charge in [-0.2, -0.15) is 0 Å². The first-order valence-corrected chi connectivity index (χ1v) is 3.77. The van der Waals surface area contributed by atoms with E-state index in [0.29, 0.717) is 0 Å². The average Bonchev–Trinajstić information content (AvgIpc) is 2.52. The van der Waals surface area contributed by atoms with Crippen molar-refractivity contribution >= 4 is 0 Å². The molecule has 0 bridgehead atoms. The number of hydrogen-bond donors (Lipinski definition) is 2. The molecular formula is C6H12N4O. The Balaban J connectivity index is 2.27. The number of nitrogens with one attached hydrogen (secondary N) is 1. The Kier molecular flexibility index (Phi) is 3.16. The van der Waals surface area contributed by atoms with E-state index in [9.17, 15) is 5.11 Å². The molecule has 1 fully saturated rings. The monoisotopic (exact) mass is 156 g/mol. The molecule has 0 amide bonds. The molecule has 1 aliphatic heterocycles. The molecule has 1 rings (SSSR count). The highest BCUT2D eigenvalue weighted by atomic mass is 16.3. The van der Waals surface area contributed by atoms with Gasteiger partial charge in [-0.25, -0.2) is 0 Å². The van der Waals surface area contributed by atoms with Crippen LogP contribution in [0.2, 0.25) is 0 Å². The molecule has 5 heteroatoms. The zero-order valence-electron chi connectivity index (χ0n) is 6.27. The molecule has 62 valence electrons. The highest BCUT2D eigenvalue weighted by molar-refractivity contribution is 4.82. The number of azide groups is 1. The Morgan fingerprint density at radius 1 is 1.82 bits per heavy atom. The molecule has 0 saturated carbocycles. The summed E-state index contributed by atoms with van der Waals surface area (Å²) in [6.07, 6.45) is 1.55. The van der Waals surface area contributed by atoms with Crippen LogP contribution in [0.15, 0.2) is 5.11 Å². The van der Waals surface area contributed by atoms with E-state index < -0.39 is 6.10 Å². The fraction of sp³-hybridized carbons (Fsp3) is 1.00. The van der Waals surface area contributed by atoms with E-state index in [1.54, 1.807) is 0 Å². The Labute approximate surface area is 65.0 Å². The van der Waals surface area contributed by atoms with Gasteiger partial charge in [0, 0.05) is 11.0 Å². The van der Waals surface area contributed by atoms with Gasteiger partial charge in [-0.3, -0.25) is 0 Å². The predicted octanol–water partition coefficient (Wildman–Crippen LogP) is 0.410. The van der Waals surface area contributed by atoms with Crippen LogP contribution in [0.25, 0.3) is 10.4 Å². The van der Waals surface area contributed by atoms with Crippen LogP contribution in [0.5, 0.6) is 0 Å². The van der Waals surface area contributed by atoms with Crippen LogP contribution < -0.4 is 5.32 Å². The van der Waals surface area contributed by atoms with Crippen molar-refractivity contribution in [1.29, 1.82) is 0 Å². The third-order valence-electron chi connectivity index (χ3n) is 1.89. The largest absolute Gasteiger partial charge is 0.391 e. The van der Waals surface area contributed by atoms with Gasteiger partial charge in [0.15, 0.2) is 0 Å². The Morgan fingerprint density at radius 2 is 2.64 bits per heavy atom. The minimum absolute atomic E-state index is 0.125. The zero-order chi connectivity index (χ0) is 8.10. The van der Waals surface area contributed by atoms with Gasteiger partial charge in [-0.05, 0) is 24.9 Å². The number of nitrogens with zero attached hydrogens (tertiary/aromatic N) is 3. The van der Waals surface area contributed by atoms with E-state index in [1.165, 1.54) is 0 Å². The zero-order valence-corrected chi connectivity index (χ0v) is 6.27. The minimum Gasteiger partial charge on any atom is -0.391 e. The number of aliphatic hydroxyl groups is 1. The molecule has 11 heavy (non-hydrogen) atoms. The first kappa shape index (κ1) is 8.33. The summed E-state index contributed by atoms with van der Waals surface area (Å²) < 4.78 is 0. The van der Waals surface area contributed by atoms with Gasteiger partial charge in [-0.15, -0.1) is 0 Å². The molecule has 0 aliphatic carbocycles. The van der Waals surface area contributed by atoms with E-state index >= 15 is 0 Å². The van der Waals surface area contributed by atoms with Gasteiger partial charge >= 0.3 is 0 Å². The van der Waals surface area contributed by atoms with E-state index in [2.05, 4.69) is 15.3 Å². The first-order chi connectivity index (χ1) is 5.34. The molecule has 0 aromatic heterocycles. The molecule has 0 radical (unpaired) electrons. The van der Waals surface area contributed by atoms with Gasteiger partial charge in [0.05, 0.1) is 12.6 Å². The molecule has 0 unspecified atom stereocenters. The molecule has 1 heterocycles. The third kappa shape index (κ3) is 2.38. The molecule has 1 saturated heterocycles. The van der Waals surface area contributed by atoms with Crippen LogP contribution in [0.1, 0.15) is 12.8 Å². The topological polar surface area (TPSA) is 81.0 Å². The van der Waals surface area contributed by atoms with E-state index in [4.69, 9.17) is 5.53 Å². The lowest BCUT2D eigenvalue weighted by atomic mass is 10.1. The summed E-state index contributed by atoms with van der Waals surface area (Å²) in [5.41, 5.74) is 7.98. The van der Waals surface area contributed by atoms with Crippen molar-refractivity contribution in [1.82, 2.24) is 5.32 Å². The van der Waals surface area contributed by atoms with Crippen LogP contribution in [-0.4, -0.2) is 30.3 Å². The van der Waals surface area contributed by atoms with Crippen molar-refractivity contribution in [3.8, 4) is 0 Å². The summed E-state index contributed by atoms with van der Waals surface area (Å²) in [6.45, 7) is 1.13. The van der Waals surface area contributed by atoms with Crippen LogP contribution in [-0.2, 0) is 0 Å². The highest BCUT2D eigenvalue weighted by Crippen LogP contribution is 2.09. The van der Waals surface area contributed by atoms with Crippen LogP contribution >= 0.6 is 0 Å². The second kappa shape index (κ2) is 4.18. The molecule has 1 aliphatic rings. The van der Waals surface area contributed by atoms with E-state index in [0.717, 1.165) is 19.4 Å². The van der Waals surface area contributed by atoms with Crippen molar-refractivity contribution < 1.29 is 5.11 Å². The van der Waals surface area contributed by atoms with Gasteiger partial charge in [0.2, 0.25) is 0 Å². The normalized spacial score (nSPS) is 26.1. The lowest BCUT2D eigenvalue weighted by molar-refractivity contribution is 0.143. The Bertz CT molecular complexity index is 160. The van der Waals surface area contributed by atoms with Crippen molar-refractivity contribution in [3.63, 3.8) is 0 Å². The summed E-state index contributed by atoms with van der Waals surface area (Å²) in [5, 5.41) is 15.8. The maximum atomic E-state index is 9.35. The maximum Gasteiger partial charge on any atom is 0.0749 e. The number of aliphatic hydroxyl groups excluding tert-OH is 1.